The minimum absolute atomic E-state index is 0.0686. The lowest BCUT2D eigenvalue weighted by Crippen LogP contribution is -2.56. The molecule has 3 nitrogen and oxygen atoms in total. The zero-order chi connectivity index (χ0) is 13.0. The fraction of sp³-hybridized carbons (Fsp3) is 0.533. The molecule has 1 aromatic rings. The third-order valence-electron chi connectivity index (χ3n) is 3.50. The summed E-state index contributed by atoms with van der Waals surface area (Å²) in [5.74, 6) is 0.0686. The van der Waals surface area contributed by atoms with Gasteiger partial charge in [0.25, 0.3) is 0 Å². The van der Waals surface area contributed by atoms with Gasteiger partial charge in [-0.1, -0.05) is 30.3 Å². The Hall–Kier alpha value is -1.35. The maximum Gasteiger partial charge on any atom is 0.217 e. The lowest BCUT2D eigenvalue weighted by molar-refractivity contribution is -0.121. The predicted octanol–water partition coefficient (Wildman–Crippen LogP) is 2.18. The molecule has 0 radical (unpaired) electrons. The molecule has 98 valence electrons. The maximum atomic E-state index is 11.3. The van der Waals surface area contributed by atoms with E-state index in [-0.39, 0.29) is 11.4 Å². The van der Waals surface area contributed by atoms with E-state index in [0.29, 0.717) is 0 Å². The van der Waals surface area contributed by atoms with Gasteiger partial charge in [-0.2, -0.15) is 0 Å². The summed E-state index contributed by atoms with van der Waals surface area (Å²) in [5, 5.41) is 3.09. The van der Waals surface area contributed by atoms with E-state index < -0.39 is 0 Å². The predicted molar refractivity (Wildman–Crippen MR) is 73.2 cm³/mol. The molecule has 0 aromatic heterocycles. The molecule has 1 N–H and O–H groups in total. The quantitative estimate of drug-likeness (QED) is 0.886. The van der Waals surface area contributed by atoms with Gasteiger partial charge in [0.1, 0.15) is 0 Å². The molecular formula is C15H22N2O. The van der Waals surface area contributed by atoms with Gasteiger partial charge in [0, 0.05) is 25.6 Å². The van der Waals surface area contributed by atoms with E-state index in [0.717, 1.165) is 32.5 Å². The van der Waals surface area contributed by atoms with Crippen LogP contribution in [-0.4, -0.2) is 29.4 Å². The van der Waals surface area contributed by atoms with Gasteiger partial charge in [-0.25, -0.2) is 0 Å². The van der Waals surface area contributed by atoms with Crippen LogP contribution >= 0.6 is 0 Å². The molecule has 1 amide bonds. The highest BCUT2D eigenvalue weighted by Gasteiger charge is 2.31. The highest BCUT2D eigenvalue weighted by atomic mass is 16.1. The molecule has 1 aromatic carbocycles. The summed E-state index contributed by atoms with van der Waals surface area (Å²) >= 11 is 0. The second-order valence-corrected chi connectivity index (χ2v) is 5.54. The number of hydrogen-bond donors (Lipinski definition) is 1. The fourth-order valence-electron chi connectivity index (χ4n) is 2.85. The first kappa shape index (κ1) is 13.1. The Bertz CT molecular complexity index is 404. The van der Waals surface area contributed by atoms with Crippen LogP contribution in [0.1, 0.15) is 32.3 Å². The number of likely N-dealkylation sites (tertiary alicyclic amines) is 1. The van der Waals surface area contributed by atoms with Crippen molar-refractivity contribution in [2.24, 2.45) is 0 Å². The summed E-state index contributed by atoms with van der Waals surface area (Å²) in [6, 6.07) is 10.5. The first-order chi connectivity index (χ1) is 8.57. The molecule has 0 saturated carbocycles. The monoisotopic (exact) mass is 246 g/mol. The minimum Gasteiger partial charge on any atom is -0.350 e. The number of carbonyl (C=O) groups is 1. The van der Waals surface area contributed by atoms with Crippen molar-refractivity contribution in [3.8, 4) is 0 Å². The molecule has 1 saturated heterocycles. The highest BCUT2D eigenvalue weighted by molar-refractivity contribution is 5.73. The van der Waals surface area contributed by atoms with Gasteiger partial charge in [-0.15, -0.1) is 0 Å². The van der Waals surface area contributed by atoms with Crippen LogP contribution in [0.2, 0.25) is 0 Å². The lowest BCUT2D eigenvalue weighted by atomic mass is 9.90. The van der Waals surface area contributed by atoms with Crippen LogP contribution in [0.4, 0.5) is 0 Å². The molecule has 1 aliphatic rings. The van der Waals surface area contributed by atoms with E-state index >= 15 is 0 Å². The summed E-state index contributed by atoms with van der Waals surface area (Å²) in [6.07, 6.45) is 2.21. The van der Waals surface area contributed by atoms with Gasteiger partial charge >= 0.3 is 0 Å². The molecule has 1 unspecified atom stereocenters. The number of nitrogens with zero attached hydrogens (tertiary/aromatic N) is 1. The molecule has 1 fully saturated rings. The van der Waals surface area contributed by atoms with Crippen LogP contribution in [0.25, 0.3) is 0 Å². The number of piperidine rings is 1. The topological polar surface area (TPSA) is 32.3 Å². The van der Waals surface area contributed by atoms with Crippen molar-refractivity contribution in [3.63, 3.8) is 0 Å². The lowest BCUT2D eigenvalue weighted by Gasteiger charge is -2.41. The smallest absolute Gasteiger partial charge is 0.217 e. The standard InChI is InChI=1S/C15H22N2O/c1-13(18)16-15(2)9-6-10-17(12-15)11-14-7-4-3-5-8-14/h3-5,7-8H,6,9-12H2,1-2H3,(H,16,18). The van der Waals surface area contributed by atoms with Gasteiger partial charge in [-0.3, -0.25) is 9.69 Å². The average molecular weight is 246 g/mol. The van der Waals surface area contributed by atoms with Crippen molar-refractivity contribution in [1.82, 2.24) is 10.2 Å². The Labute approximate surface area is 109 Å². The highest BCUT2D eigenvalue weighted by Crippen LogP contribution is 2.22. The third kappa shape index (κ3) is 3.57. The molecule has 0 spiro atoms. The minimum atomic E-state index is -0.0706. The first-order valence-electron chi connectivity index (χ1n) is 6.62. The SMILES string of the molecule is CC(=O)NC1(C)CCCN(Cc2ccccc2)C1. The number of nitrogens with one attached hydrogen (secondary N) is 1. The fourth-order valence-corrected chi connectivity index (χ4v) is 2.85. The van der Waals surface area contributed by atoms with Crippen molar-refractivity contribution < 1.29 is 4.79 Å². The first-order valence-corrected chi connectivity index (χ1v) is 6.62. The Morgan fingerprint density at radius 2 is 2.11 bits per heavy atom. The summed E-state index contributed by atoms with van der Waals surface area (Å²) in [4.78, 5) is 13.7. The van der Waals surface area contributed by atoms with Gasteiger partial charge in [0.2, 0.25) is 5.91 Å². The second kappa shape index (κ2) is 5.53. The van der Waals surface area contributed by atoms with Crippen molar-refractivity contribution in [1.29, 1.82) is 0 Å². The molecule has 1 aliphatic heterocycles. The summed E-state index contributed by atoms with van der Waals surface area (Å²) in [7, 11) is 0. The molecule has 0 bridgehead atoms. The number of amides is 1. The van der Waals surface area contributed by atoms with E-state index in [1.807, 2.05) is 6.07 Å². The molecule has 3 heteroatoms. The summed E-state index contributed by atoms with van der Waals surface area (Å²) in [6.45, 7) is 6.76. The van der Waals surface area contributed by atoms with Gasteiger partial charge < -0.3 is 5.32 Å². The normalized spacial score (nSPS) is 24.8. The molecular weight excluding hydrogens is 224 g/mol. The van der Waals surface area contributed by atoms with Crippen LogP contribution in [0.5, 0.6) is 0 Å². The Kier molecular flexibility index (Phi) is 4.02. The molecule has 2 rings (SSSR count). The van der Waals surface area contributed by atoms with Crippen LogP contribution in [-0.2, 0) is 11.3 Å². The largest absolute Gasteiger partial charge is 0.350 e. The van der Waals surface area contributed by atoms with Crippen LogP contribution in [0.15, 0.2) is 30.3 Å². The van der Waals surface area contributed by atoms with Gasteiger partial charge in [0.15, 0.2) is 0 Å². The van der Waals surface area contributed by atoms with E-state index in [1.54, 1.807) is 6.92 Å². The van der Waals surface area contributed by atoms with E-state index in [4.69, 9.17) is 0 Å². The van der Waals surface area contributed by atoms with E-state index in [9.17, 15) is 4.79 Å². The zero-order valence-electron chi connectivity index (χ0n) is 11.3. The zero-order valence-corrected chi connectivity index (χ0v) is 11.3. The van der Waals surface area contributed by atoms with Gasteiger partial charge in [0.05, 0.1) is 0 Å². The second-order valence-electron chi connectivity index (χ2n) is 5.54. The summed E-state index contributed by atoms with van der Waals surface area (Å²) < 4.78 is 0. The van der Waals surface area contributed by atoms with Crippen molar-refractivity contribution in [2.75, 3.05) is 13.1 Å². The van der Waals surface area contributed by atoms with Crippen molar-refractivity contribution in [3.05, 3.63) is 35.9 Å². The van der Waals surface area contributed by atoms with E-state index in [1.165, 1.54) is 5.56 Å². The molecule has 0 aliphatic carbocycles. The van der Waals surface area contributed by atoms with Crippen molar-refractivity contribution >= 4 is 5.91 Å². The van der Waals surface area contributed by atoms with Crippen LogP contribution < -0.4 is 5.32 Å². The Morgan fingerprint density at radius 1 is 1.39 bits per heavy atom. The van der Waals surface area contributed by atoms with Crippen LogP contribution in [0, 0.1) is 0 Å². The summed E-state index contributed by atoms with van der Waals surface area (Å²) in [5.41, 5.74) is 1.27. The Morgan fingerprint density at radius 3 is 2.78 bits per heavy atom. The Balaban J connectivity index is 1.96. The molecule has 18 heavy (non-hydrogen) atoms. The number of carbonyl (C=O) groups excluding carboxylic acids is 1. The van der Waals surface area contributed by atoms with Crippen LogP contribution in [0.3, 0.4) is 0 Å². The molecule has 1 atom stereocenters. The van der Waals surface area contributed by atoms with Crippen molar-refractivity contribution in [2.45, 2.75) is 38.8 Å². The number of benzene rings is 1. The van der Waals surface area contributed by atoms with E-state index in [2.05, 4.69) is 41.4 Å². The molecule has 1 heterocycles. The maximum absolute atomic E-state index is 11.3. The average Bonchev–Trinajstić information content (AvgIpc) is 2.28. The number of rotatable bonds is 3. The number of hydrogen-bond acceptors (Lipinski definition) is 2. The third-order valence-corrected chi connectivity index (χ3v) is 3.50. The van der Waals surface area contributed by atoms with Gasteiger partial charge in [-0.05, 0) is 31.9 Å².